The molecule has 96 valence electrons. The topological polar surface area (TPSA) is 66.9 Å². The van der Waals surface area contributed by atoms with Gasteiger partial charge in [-0.25, -0.2) is 0 Å². The summed E-state index contributed by atoms with van der Waals surface area (Å²) < 4.78 is 12.2. The third-order valence-corrected chi connectivity index (χ3v) is 4.27. The van der Waals surface area contributed by atoms with Gasteiger partial charge in [0.25, 0.3) is 0 Å². The summed E-state index contributed by atoms with van der Waals surface area (Å²) in [5.41, 5.74) is 8.88. The van der Waals surface area contributed by atoms with E-state index in [0.29, 0.717) is 17.0 Å². The van der Waals surface area contributed by atoms with Crippen molar-refractivity contribution in [1.29, 1.82) is 5.26 Å². The van der Waals surface area contributed by atoms with Crippen LogP contribution in [0, 0.1) is 18.3 Å². The zero-order valence-corrected chi connectivity index (χ0v) is 11.4. The highest BCUT2D eigenvalue weighted by Gasteiger charge is 2.07. The minimum Gasteiger partial charge on any atom is -0.399 e. The van der Waals surface area contributed by atoms with Crippen LogP contribution >= 0.6 is 0 Å². The number of aryl methyl sites for hydroxylation is 1. The van der Waals surface area contributed by atoms with Crippen molar-refractivity contribution in [3.8, 4) is 6.07 Å². The molecule has 19 heavy (non-hydrogen) atoms. The van der Waals surface area contributed by atoms with Crippen LogP contribution in [-0.4, -0.2) is 4.21 Å². The first-order chi connectivity index (χ1) is 9.10. The molecular formula is C15H14N2OS. The molecule has 0 bridgehead atoms. The summed E-state index contributed by atoms with van der Waals surface area (Å²) in [7, 11) is -1.10. The van der Waals surface area contributed by atoms with Gasteiger partial charge in [-0.05, 0) is 54.4 Å². The minimum absolute atomic E-state index is 0.446. The van der Waals surface area contributed by atoms with Gasteiger partial charge < -0.3 is 5.73 Å². The van der Waals surface area contributed by atoms with Crippen LogP contribution < -0.4 is 5.73 Å². The molecule has 0 spiro atoms. The largest absolute Gasteiger partial charge is 0.399 e. The van der Waals surface area contributed by atoms with Gasteiger partial charge in [0.15, 0.2) is 0 Å². The molecule has 0 amide bonds. The van der Waals surface area contributed by atoms with E-state index in [9.17, 15) is 4.21 Å². The van der Waals surface area contributed by atoms with Gasteiger partial charge in [0.05, 0.1) is 28.2 Å². The molecule has 1 atom stereocenters. The molecule has 0 saturated heterocycles. The van der Waals surface area contributed by atoms with E-state index >= 15 is 0 Å². The van der Waals surface area contributed by atoms with Crippen LogP contribution in [0.15, 0.2) is 47.4 Å². The van der Waals surface area contributed by atoms with Crippen LogP contribution in [0.5, 0.6) is 0 Å². The third kappa shape index (κ3) is 3.21. The monoisotopic (exact) mass is 270 g/mol. The van der Waals surface area contributed by atoms with Crippen LogP contribution in [-0.2, 0) is 16.6 Å². The number of nitriles is 1. The first-order valence-electron chi connectivity index (χ1n) is 5.83. The lowest BCUT2D eigenvalue weighted by molar-refractivity contribution is 0.682. The highest BCUT2D eigenvalue weighted by molar-refractivity contribution is 7.84. The van der Waals surface area contributed by atoms with E-state index in [1.54, 1.807) is 30.3 Å². The number of nitrogens with zero attached hydrogens (tertiary/aromatic N) is 1. The Balaban J connectivity index is 2.20. The zero-order chi connectivity index (χ0) is 13.8. The van der Waals surface area contributed by atoms with Crippen molar-refractivity contribution in [3.05, 3.63) is 59.2 Å². The van der Waals surface area contributed by atoms with Crippen molar-refractivity contribution < 1.29 is 4.21 Å². The average molecular weight is 270 g/mol. The van der Waals surface area contributed by atoms with Gasteiger partial charge in [-0.3, -0.25) is 4.21 Å². The molecule has 0 radical (unpaired) electrons. The van der Waals surface area contributed by atoms with Gasteiger partial charge in [0, 0.05) is 10.6 Å². The van der Waals surface area contributed by atoms with Gasteiger partial charge in [-0.1, -0.05) is 6.07 Å². The molecule has 0 aromatic heterocycles. The van der Waals surface area contributed by atoms with Gasteiger partial charge in [-0.15, -0.1) is 0 Å². The second kappa shape index (κ2) is 5.68. The Morgan fingerprint density at radius 3 is 2.47 bits per heavy atom. The van der Waals surface area contributed by atoms with E-state index < -0.39 is 10.8 Å². The van der Waals surface area contributed by atoms with E-state index in [-0.39, 0.29) is 0 Å². The van der Waals surface area contributed by atoms with Crippen LogP contribution in [0.3, 0.4) is 0 Å². The minimum atomic E-state index is -1.10. The quantitative estimate of drug-likeness (QED) is 0.872. The summed E-state index contributed by atoms with van der Waals surface area (Å²) >= 11 is 0. The van der Waals surface area contributed by atoms with Gasteiger partial charge >= 0.3 is 0 Å². The van der Waals surface area contributed by atoms with E-state index in [4.69, 9.17) is 11.0 Å². The number of rotatable bonds is 3. The number of hydrogen-bond acceptors (Lipinski definition) is 3. The summed E-state index contributed by atoms with van der Waals surface area (Å²) in [6, 6.07) is 14.6. The van der Waals surface area contributed by atoms with Crippen LogP contribution in [0.1, 0.15) is 16.7 Å². The standard InChI is InChI=1S/C15H14N2OS/c1-11-8-12(9-16)2-3-13(11)10-19(18)15-6-4-14(17)5-7-15/h2-8H,10,17H2,1H3. The Hall–Kier alpha value is -2.12. The highest BCUT2D eigenvalue weighted by Crippen LogP contribution is 2.17. The van der Waals surface area contributed by atoms with Crippen molar-refractivity contribution in [2.75, 3.05) is 5.73 Å². The Morgan fingerprint density at radius 2 is 1.89 bits per heavy atom. The van der Waals surface area contributed by atoms with E-state index in [1.165, 1.54) is 0 Å². The lowest BCUT2D eigenvalue weighted by Crippen LogP contribution is -1.99. The second-order valence-electron chi connectivity index (χ2n) is 4.31. The molecule has 2 aromatic rings. The Morgan fingerprint density at radius 1 is 1.21 bits per heavy atom. The van der Waals surface area contributed by atoms with Crippen LogP contribution in [0.25, 0.3) is 0 Å². The van der Waals surface area contributed by atoms with Crippen molar-refractivity contribution in [2.24, 2.45) is 0 Å². The molecule has 0 aliphatic rings. The lowest BCUT2D eigenvalue weighted by atomic mass is 10.1. The number of nitrogen functional groups attached to an aromatic ring is 1. The van der Waals surface area contributed by atoms with Crippen molar-refractivity contribution in [3.63, 3.8) is 0 Å². The molecule has 2 rings (SSSR count). The summed E-state index contributed by atoms with van der Waals surface area (Å²) in [5, 5.41) is 8.82. The third-order valence-electron chi connectivity index (χ3n) is 2.90. The molecule has 0 aliphatic carbocycles. The lowest BCUT2D eigenvalue weighted by Gasteiger charge is -2.06. The molecule has 4 heteroatoms. The van der Waals surface area contributed by atoms with Gasteiger partial charge in [0.1, 0.15) is 0 Å². The van der Waals surface area contributed by atoms with Crippen molar-refractivity contribution in [1.82, 2.24) is 0 Å². The predicted octanol–water partition coefficient (Wildman–Crippen LogP) is 2.76. The maximum atomic E-state index is 12.2. The first kappa shape index (κ1) is 13.3. The molecular weight excluding hydrogens is 256 g/mol. The SMILES string of the molecule is Cc1cc(C#N)ccc1CS(=O)c1ccc(N)cc1. The maximum Gasteiger partial charge on any atom is 0.0991 e. The molecule has 2 N–H and O–H groups in total. The molecule has 0 heterocycles. The smallest absolute Gasteiger partial charge is 0.0991 e. The molecule has 0 aliphatic heterocycles. The summed E-state index contributed by atoms with van der Waals surface area (Å²) in [6.07, 6.45) is 0. The van der Waals surface area contributed by atoms with E-state index in [2.05, 4.69) is 6.07 Å². The maximum absolute atomic E-state index is 12.2. The van der Waals surface area contributed by atoms with E-state index in [1.807, 2.05) is 19.1 Å². The molecule has 2 aromatic carbocycles. The number of hydrogen-bond donors (Lipinski definition) is 1. The highest BCUT2D eigenvalue weighted by atomic mass is 32.2. The first-order valence-corrected chi connectivity index (χ1v) is 7.15. The fourth-order valence-electron chi connectivity index (χ4n) is 1.77. The summed E-state index contributed by atoms with van der Waals surface area (Å²) in [5.74, 6) is 0.446. The normalized spacial score (nSPS) is 11.8. The molecule has 0 fully saturated rings. The van der Waals surface area contributed by atoms with Crippen molar-refractivity contribution in [2.45, 2.75) is 17.6 Å². The fraction of sp³-hybridized carbons (Fsp3) is 0.133. The molecule has 1 unspecified atom stereocenters. The second-order valence-corrected chi connectivity index (χ2v) is 5.76. The molecule has 3 nitrogen and oxygen atoms in total. The zero-order valence-electron chi connectivity index (χ0n) is 10.6. The number of benzene rings is 2. The predicted molar refractivity (Wildman–Crippen MR) is 76.9 cm³/mol. The summed E-state index contributed by atoms with van der Waals surface area (Å²) in [6.45, 7) is 1.93. The Bertz CT molecular complexity index is 657. The van der Waals surface area contributed by atoms with Crippen LogP contribution in [0.2, 0.25) is 0 Å². The van der Waals surface area contributed by atoms with E-state index in [0.717, 1.165) is 16.0 Å². The summed E-state index contributed by atoms with van der Waals surface area (Å²) in [4.78, 5) is 0.762. The Kier molecular flexibility index (Phi) is 3.98. The average Bonchev–Trinajstić information content (AvgIpc) is 2.41. The van der Waals surface area contributed by atoms with Crippen molar-refractivity contribution >= 4 is 16.5 Å². The van der Waals surface area contributed by atoms with Crippen LogP contribution in [0.4, 0.5) is 5.69 Å². The number of anilines is 1. The van der Waals surface area contributed by atoms with Gasteiger partial charge in [-0.2, -0.15) is 5.26 Å². The fourth-order valence-corrected chi connectivity index (χ4v) is 2.98. The van der Waals surface area contributed by atoms with Gasteiger partial charge in [0.2, 0.25) is 0 Å². The molecule has 0 saturated carbocycles. The number of nitrogens with two attached hydrogens (primary N) is 1. The Labute approximate surface area is 115 Å².